The molecule has 0 amide bonds. The molecule has 1 aromatic heterocycles. The minimum Gasteiger partial charge on any atom is -0.493 e. The number of aromatic nitrogens is 1. The van der Waals surface area contributed by atoms with E-state index in [0.717, 1.165) is 17.0 Å². The standard InChI is InChI=1S/C16H18N2O2/c19-10-12-11-20-15-7-2-1-6-14(15)16(12)18-9-13-5-3-4-8-17-13/h1-8,12,16,18-19H,9-11H2/t12-,16-/m0/s1. The highest BCUT2D eigenvalue weighted by Gasteiger charge is 2.29. The van der Waals surface area contributed by atoms with Crippen LogP contribution in [0.4, 0.5) is 0 Å². The Labute approximate surface area is 118 Å². The minimum absolute atomic E-state index is 0.0635. The number of aliphatic hydroxyl groups is 1. The van der Waals surface area contributed by atoms with Crippen molar-refractivity contribution in [1.29, 1.82) is 0 Å². The van der Waals surface area contributed by atoms with Gasteiger partial charge in [0.05, 0.1) is 18.9 Å². The SMILES string of the molecule is OC[C@H]1COc2ccccc2[C@H]1NCc1ccccn1. The number of ether oxygens (including phenoxy) is 1. The molecular formula is C16H18N2O2. The lowest BCUT2D eigenvalue weighted by atomic mass is 9.91. The van der Waals surface area contributed by atoms with Crippen molar-refractivity contribution in [2.24, 2.45) is 5.92 Å². The Kier molecular flexibility index (Phi) is 3.95. The van der Waals surface area contributed by atoms with Gasteiger partial charge >= 0.3 is 0 Å². The third kappa shape index (κ3) is 2.66. The largest absolute Gasteiger partial charge is 0.493 e. The molecule has 0 fully saturated rings. The summed E-state index contributed by atoms with van der Waals surface area (Å²) in [6.07, 6.45) is 1.79. The number of nitrogens with zero attached hydrogens (tertiary/aromatic N) is 1. The fourth-order valence-electron chi connectivity index (χ4n) is 2.57. The first-order valence-corrected chi connectivity index (χ1v) is 6.84. The highest BCUT2D eigenvalue weighted by atomic mass is 16.5. The summed E-state index contributed by atoms with van der Waals surface area (Å²) >= 11 is 0. The monoisotopic (exact) mass is 270 g/mol. The summed E-state index contributed by atoms with van der Waals surface area (Å²) in [5, 5.41) is 13.0. The predicted molar refractivity (Wildman–Crippen MR) is 76.3 cm³/mol. The molecule has 2 aromatic rings. The molecule has 4 heteroatoms. The van der Waals surface area contributed by atoms with Crippen molar-refractivity contribution in [1.82, 2.24) is 10.3 Å². The molecule has 2 atom stereocenters. The second-order valence-electron chi connectivity index (χ2n) is 4.97. The summed E-state index contributed by atoms with van der Waals surface area (Å²) < 4.78 is 5.69. The van der Waals surface area contributed by atoms with Crippen molar-refractivity contribution < 1.29 is 9.84 Å². The first kappa shape index (κ1) is 13.1. The first-order valence-electron chi connectivity index (χ1n) is 6.84. The Morgan fingerprint density at radius 2 is 2.05 bits per heavy atom. The molecule has 0 bridgehead atoms. The van der Waals surface area contributed by atoms with E-state index in [9.17, 15) is 5.11 Å². The van der Waals surface area contributed by atoms with Gasteiger partial charge < -0.3 is 15.2 Å². The summed E-state index contributed by atoms with van der Waals surface area (Å²) in [6.45, 7) is 1.32. The molecule has 20 heavy (non-hydrogen) atoms. The topological polar surface area (TPSA) is 54.4 Å². The van der Waals surface area contributed by atoms with Crippen LogP contribution in [-0.2, 0) is 6.54 Å². The lowest BCUT2D eigenvalue weighted by Gasteiger charge is -2.33. The second-order valence-corrected chi connectivity index (χ2v) is 4.97. The fourth-order valence-corrected chi connectivity index (χ4v) is 2.57. The summed E-state index contributed by atoms with van der Waals surface area (Å²) in [4.78, 5) is 4.31. The Bertz CT molecular complexity index is 559. The van der Waals surface area contributed by atoms with Gasteiger partial charge in [0, 0.05) is 30.3 Å². The van der Waals surface area contributed by atoms with Crippen LogP contribution in [0.25, 0.3) is 0 Å². The maximum Gasteiger partial charge on any atom is 0.124 e. The van der Waals surface area contributed by atoms with Crippen LogP contribution in [0.3, 0.4) is 0 Å². The van der Waals surface area contributed by atoms with E-state index in [1.807, 2.05) is 42.5 Å². The lowest BCUT2D eigenvalue weighted by molar-refractivity contribution is 0.110. The summed E-state index contributed by atoms with van der Waals surface area (Å²) in [7, 11) is 0. The number of rotatable bonds is 4. The Hall–Kier alpha value is -1.91. The smallest absolute Gasteiger partial charge is 0.124 e. The van der Waals surface area contributed by atoms with Crippen molar-refractivity contribution >= 4 is 0 Å². The molecule has 2 N–H and O–H groups in total. The lowest BCUT2D eigenvalue weighted by Crippen LogP contribution is -2.37. The number of para-hydroxylation sites is 1. The molecule has 1 aromatic carbocycles. The van der Waals surface area contributed by atoms with E-state index in [2.05, 4.69) is 10.3 Å². The van der Waals surface area contributed by atoms with Gasteiger partial charge in [0.25, 0.3) is 0 Å². The maximum atomic E-state index is 9.55. The number of fused-ring (bicyclic) bond motifs is 1. The van der Waals surface area contributed by atoms with Gasteiger partial charge in [-0.3, -0.25) is 4.98 Å². The van der Waals surface area contributed by atoms with Gasteiger partial charge in [-0.2, -0.15) is 0 Å². The normalized spacial score (nSPS) is 21.1. The number of pyridine rings is 1. The van der Waals surface area contributed by atoms with Gasteiger partial charge in [0.15, 0.2) is 0 Å². The van der Waals surface area contributed by atoms with E-state index in [4.69, 9.17) is 4.74 Å². The zero-order valence-corrected chi connectivity index (χ0v) is 11.2. The predicted octanol–water partition coefficient (Wildman–Crippen LogP) is 1.91. The van der Waals surface area contributed by atoms with Crippen molar-refractivity contribution in [3.63, 3.8) is 0 Å². The number of nitrogens with one attached hydrogen (secondary N) is 1. The Balaban J connectivity index is 1.79. The minimum atomic E-state index is 0.0635. The molecule has 0 radical (unpaired) electrons. The summed E-state index contributed by atoms with van der Waals surface area (Å²) in [5.74, 6) is 0.962. The molecule has 0 unspecified atom stereocenters. The number of hydrogen-bond donors (Lipinski definition) is 2. The maximum absolute atomic E-state index is 9.55. The Morgan fingerprint density at radius 3 is 2.85 bits per heavy atom. The molecule has 1 aliphatic rings. The van der Waals surface area contributed by atoms with Crippen molar-refractivity contribution in [2.45, 2.75) is 12.6 Å². The van der Waals surface area contributed by atoms with Gasteiger partial charge in [-0.05, 0) is 18.2 Å². The van der Waals surface area contributed by atoms with Crippen LogP contribution >= 0.6 is 0 Å². The molecule has 104 valence electrons. The van der Waals surface area contributed by atoms with Crippen molar-refractivity contribution in [3.05, 3.63) is 59.9 Å². The number of hydrogen-bond acceptors (Lipinski definition) is 4. The second kappa shape index (κ2) is 6.03. The number of aliphatic hydroxyl groups excluding tert-OH is 1. The van der Waals surface area contributed by atoms with Crippen molar-refractivity contribution in [2.75, 3.05) is 13.2 Å². The first-order chi connectivity index (χ1) is 9.88. The average Bonchev–Trinajstić information content (AvgIpc) is 2.53. The fraction of sp³-hybridized carbons (Fsp3) is 0.312. The average molecular weight is 270 g/mol. The summed E-state index contributed by atoms with van der Waals surface area (Å²) in [5.41, 5.74) is 2.10. The van der Waals surface area contributed by atoms with E-state index >= 15 is 0 Å². The molecule has 0 saturated carbocycles. The third-order valence-corrected chi connectivity index (χ3v) is 3.64. The van der Waals surface area contributed by atoms with E-state index in [1.54, 1.807) is 6.20 Å². The molecule has 3 rings (SSSR count). The van der Waals surface area contributed by atoms with Gasteiger partial charge in [-0.1, -0.05) is 24.3 Å². The molecule has 2 heterocycles. The quantitative estimate of drug-likeness (QED) is 0.891. The zero-order chi connectivity index (χ0) is 13.8. The van der Waals surface area contributed by atoms with Crippen LogP contribution in [0, 0.1) is 5.92 Å². The van der Waals surface area contributed by atoms with E-state index in [-0.39, 0.29) is 18.6 Å². The van der Waals surface area contributed by atoms with E-state index in [0.29, 0.717) is 13.2 Å². The van der Waals surface area contributed by atoms with Crippen LogP contribution < -0.4 is 10.1 Å². The zero-order valence-electron chi connectivity index (χ0n) is 11.2. The highest BCUT2D eigenvalue weighted by Crippen LogP contribution is 2.35. The van der Waals surface area contributed by atoms with Crippen molar-refractivity contribution in [3.8, 4) is 5.75 Å². The van der Waals surface area contributed by atoms with E-state index < -0.39 is 0 Å². The molecule has 1 aliphatic heterocycles. The van der Waals surface area contributed by atoms with Gasteiger partial charge in [-0.15, -0.1) is 0 Å². The van der Waals surface area contributed by atoms with Gasteiger partial charge in [-0.25, -0.2) is 0 Å². The van der Waals surface area contributed by atoms with Crippen LogP contribution in [0.1, 0.15) is 17.3 Å². The molecule has 0 spiro atoms. The van der Waals surface area contributed by atoms with Crippen LogP contribution in [0.15, 0.2) is 48.7 Å². The third-order valence-electron chi connectivity index (χ3n) is 3.64. The highest BCUT2D eigenvalue weighted by molar-refractivity contribution is 5.38. The molecular weight excluding hydrogens is 252 g/mol. The van der Waals surface area contributed by atoms with Crippen LogP contribution in [0.2, 0.25) is 0 Å². The van der Waals surface area contributed by atoms with Crippen LogP contribution in [-0.4, -0.2) is 23.3 Å². The molecule has 0 saturated heterocycles. The Morgan fingerprint density at radius 1 is 1.20 bits per heavy atom. The molecule has 0 aliphatic carbocycles. The van der Waals surface area contributed by atoms with Gasteiger partial charge in [0.1, 0.15) is 5.75 Å². The summed E-state index contributed by atoms with van der Waals surface area (Å²) in [6, 6.07) is 13.9. The van der Waals surface area contributed by atoms with Crippen LogP contribution in [0.5, 0.6) is 5.75 Å². The van der Waals surface area contributed by atoms with E-state index in [1.165, 1.54) is 0 Å². The molecule has 4 nitrogen and oxygen atoms in total. The number of benzene rings is 1. The van der Waals surface area contributed by atoms with Gasteiger partial charge in [0.2, 0.25) is 0 Å².